The molecule has 0 saturated carbocycles. The predicted molar refractivity (Wildman–Crippen MR) is 82.8 cm³/mol. The van der Waals surface area contributed by atoms with Crippen molar-refractivity contribution in [3.8, 4) is 0 Å². The number of rotatable bonds is 3. The van der Waals surface area contributed by atoms with Gasteiger partial charge < -0.3 is 10.0 Å². The predicted octanol–water partition coefficient (Wildman–Crippen LogP) is 1.55. The number of sulfonamides is 1. The van der Waals surface area contributed by atoms with Gasteiger partial charge in [0.25, 0.3) is 0 Å². The SMILES string of the molecule is CC1CN(C)CCCN1S(=O)(=O)c1ccc(CO)c(Cl)c1. The fraction of sp³-hybridized carbons (Fsp3) is 0.571. The number of aliphatic hydroxyl groups is 1. The van der Waals surface area contributed by atoms with Crippen molar-refractivity contribution < 1.29 is 13.5 Å². The van der Waals surface area contributed by atoms with Crippen molar-refractivity contribution in [3.63, 3.8) is 0 Å². The topological polar surface area (TPSA) is 60.9 Å². The third-order valence-electron chi connectivity index (χ3n) is 3.79. The van der Waals surface area contributed by atoms with E-state index in [1.807, 2.05) is 14.0 Å². The monoisotopic (exact) mass is 332 g/mol. The zero-order chi connectivity index (χ0) is 15.6. The average Bonchev–Trinajstić information content (AvgIpc) is 2.59. The lowest BCUT2D eigenvalue weighted by Crippen LogP contribution is -2.41. The molecule has 0 amide bonds. The molecular weight excluding hydrogens is 312 g/mol. The van der Waals surface area contributed by atoms with Gasteiger partial charge in [0.15, 0.2) is 0 Å². The Morgan fingerprint density at radius 3 is 2.71 bits per heavy atom. The second-order valence-corrected chi connectivity index (χ2v) is 7.79. The molecule has 118 valence electrons. The molecule has 1 aliphatic rings. The first-order chi connectivity index (χ1) is 9.86. The van der Waals surface area contributed by atoms with Crippen LogP contribution < -0.4 is 0 Å². The summed E-state index contributed by atoms with van der Waals surface area (Å²) in [6.07, 6.45) is 0.808. The second-order valence-electron chi connectivity index (χ2n) is 5.49. The number of nitrogens with zero attached hydrogens (tertiary/aromatic N) is 2. The van der Waals surface area contributed by atoms with E-state index in [4.69, 9.17) is 16.7 Å². The van der Waals surface area contributed by atoms with E-state index in [1.54, 1.807) is 10.4 Å². The van der Waals surface area contributed by atoms with Gasteiger partial charge in [-0.3, -0.25) is 0 Å². The smallest absolute Gasteiger partial charge is 0.243 e. The van der Waals surface area contributed by atoms with Gasteiger partial charge in [0.1, 0.15) is 0 Å². The molecule has 5 nitrogen and oxygen atoms in total. The van der Waals surface area contributed by atoms with Crippen molar-refractivity contribution in [1.82, 2.24) is 9.21 Å². The highest BCUT2D eigenvalue weighted by Crippen LogP contribution is 2.25. The van der Waals surface area contributed by atoms with Crippen LogP contribution in [0.25, 0.3) is 0 Å². The highest BCUT2D eigenvalue weighted by Gasteiger charge is 2.31. The van der Waals surface area contributed by atoms with Crippen molar-refractivity contribution in [3.05, 3.63) is 28.8 Å². The Labute approximate surface area is 131 Å². The molecular formula is C14H21ClN2O3S. The second kappa shape index (κ2) is 6.62. The van der Waals surface area contributed by atoms with E-state index in [-0.39, 0.29) is 22.6 Å². The van der Waals surface area contributed by atoms with E-state index in [9.17, 15) is 8.42 Å². The molecule has 1 unspecified atom stereocenters. The molecule has 1 heterocycles. The van der Waals surface area contributed by atoms with Crippen molar-refractivity contribution in [1.29, 1.82) is 0 Å². The summed E-state index contributed by atoms with van der Waals surface area (Å²) in [5.74, 6) is 0. The van der Waals surface area contributed by atoms with Gasteiger partial charge in [0, 0.05) is 24.2 Å². The molecule has 0 spiro atoms. The van der Waals surface area contributed by atoms with Crippen molar-refractivity contribution >= 4 is 21.6 Å². The highest BCUT2D eigenvalue weighted by molar-refractivity contribution is 7.89. The lowest BCUT2D eigenvalue weighted by molar-refractivity contribution is 0.281. The molecule has 21 heavy (non-hydrogen) atoms. The van der Waals surface area contributed by atoms with E-state index in [1.165, 1.54) is 12.1 Å². The Morgan fingerprint density at radius 2 is 2.10 bits per heavy atom. The summed E-state index contributed by atoms with van der Waals surface area (Å²) in [5.41, 5.74) is 0.527. The number of halogens is 1. The summed E-state index contributed by atoms with van der Waals surface area (Å²) in [7, 11) is -1.57. The standard InChI is InChI=1S/C14H21ClN2O3S/c1-11-9-16(2)6-3-7-17(11)21(19,20)13-5-4-12(10-18)14(15)8-13/h4-5,8,11,18H,3,6-7,9-10H2,1-2H3. The van der Waals surface area contributed by atoms with E-state index < -0.39 is 10.0 Å². The number of benzene rings is 1. The van der Waals surface area contributed by atoms with Crippen LogP contribution in [0, 0.1) is 0 Å². The third kappa shape index (κ3) is 3.57. The maximum absolute atomic E-state index is 12.8. The molecule has 0 aliphatic carbocycles. The van der Waals surface area contributed by atoms with Crippen LogP contribution in [-0.2, 0) is 16.6 Å². The Balaban J connectivity index is 2.34. The average molecular weight is 333 g/mol. The fourth-order valence-electron chi connectivity index (χ4n) is 2.66. The van der Waals surface area contributed by atoms with Crippen LogP contribution in [0.1, 0.15) is 18.9 Å². The van der Waals surface area contributed by atoms with Gasteiger partial charge in [-0.05, 0) is 44.6 Å². The third-order valence-corrected chi connectivity index (χ3v) is 6.15. The molecule has 1 aromatic rings. The lowest BCUT2D eigenvalue weighted by Gasteiger charge is -2.27. The maximum atomic E-state index is 12.8. The Hall–Kier alpha value is -0.660. The minimum atomic E-state index is -3.56. The lowest BCUT2D eigenvalue weighted by atomic mass is 10.2. The van der Waals surface area contributed by atoms with Crippen molar-refractivity contribution in [2.45, 2.75) is 30.9 Å². The summed E-state index contributed by atoms with van der Waals surface area (Å²) in [4.78, 5) is 2.32. The number of aliphatic hydroxyl groups excluding tert-OH is 1. The van der Waals surface area contributed by atoms with Crippen LogP contribution in [-0.4, -0.2) is 55.5 Å². The van der Waals surface area contributed by atoms with Gasteiger partial charge in [-0.15, -0.1) is 0 Å². The van der Waals surface area contributed by atoms with Crippen LogP contribution in [0.2, 0.25) is 5.02 Å². The van der Waals surface area contributed by atoms with E-state index >= 15 is 0 Å². The molecule has 0 aromatic heterocycles. The van der Waals surface area contributed by atoms with Gasteiger partial charge in [0.05, 0.1) is 11.5 Å². The minimum Gasteiger partial charge on any atom is -0.392 e. The number of hydrogen-bond acceptors (Lipinski definition) is 4. The van der Waals surface area contributed by atoms with Crippen molar-refractivity contribution in [2.24, 2.45) is 0 Å². The summed E-state index contributed by atoms with van der Waals surface area (Å²) in [6, 6.07) is 4.40. The van der Waals surface area contributed by atoms with E-state index in [0.717, 1.165) is 13.0 Å². The normalized spacial score (nSPS) is 22.2. The molecule has 1 N–H and O–H groups in total. The number of hydrogen-bond donors (Lipinski definition) is 1. The number of likely N-dealkylation sites (N-methyl/N-ethyl adjacent to an activating group) is 1. The molecule has 1 aromatic carbocycles. The van der Waals surface area contributed by atoms with Gasteiger partial charge in [-0.25, -0.2) is 8.42 Å². The van der Waals surface area contributed by atoms with Gasteiger partial charge in [0.2, 0.25) is 10.0 Å². The van der Waals surface area contributed by atoms with Crippen LogP contribution in [0.5, 0.6) is 0 Å². The minimum absolute atomic E-state index is 0.0845. The summed E-state index contributed by atoms with van der Waals surface area (Å²) >= 11 is 6.02. The van der Waals surface area contributed by atoms with E-state index in [2.05, 4.69) is 4.90 Å². The zero-order valence-corrected chi connectivity index (χ0v) is 13.9. The molecule has 1 fully saturated rings. The highest BCUT2D eigenvalue weighted by atomic mass is 35.5. The van der Waals surface area contributed by atoms with Gasteiger partial charge >= 0.3 is 0 Å². The maximum Gasteiger partial charge on any atom is 0.243 e. The summed E-state index contributed by atoms with van der Waals surface area (Å²) in [6.45, 7) is 3.82. The molecule has 1 saturated heterocycles. The fourth-order valence-corrected chi connectivity index (χ4v) is 4.65. The van der Waals surface area contributed by atoms with Crippen molar-refractivity contribution in [2.75, 3.05) is 26.7 Å². The first-order valence-corrected chi connectivity index (χ1v) is 8.77. The summed E-state index contributed by atoms with van der Waals surface area (Å²) < 4.78 is 27.1. The van der Waals surface area contributed by atoms with E-state index in [0.29, 0.717) is 18.7 Å². The van der Waals surface area contributed by atoms with Gasteiger partial charge in [-0.2, -0.15) is 4.31 Å². The first kappa shape index (κ1) is 16.7. The molecule has 2 rings (SSSR count). The molecule has 1 aliphatic heterocycles. The van der Waals surface area contributed by atoms with Crippen LogP contribution in [0.4, 0.5) is 0 Å². The Kier molecular flexibility index (Phi) is 5.27. The first-order valence-electron chi connectivity index (χ1n) is 6.96. The zero-order valence-electron chi connectivity index (χ0n) is 12.3. The molecule has 0 bridgehead atoms. The Morgan fingerprint density at radius 1 is 1.38 bits per heavy atom. The van der Waals surface area contributed by atoms with Crippen LogP contribution in [0.15, 0.2) is 23.1 Å². The van der Waals surface area contributed by atoms with Gasteiger partial charge in [-0.1, -0.05) is 17.7 Å². The van der Waals surface area contributed by atoms with Crippen LogP contribution >= 0.6 is 11.6 Å². The largest absolute Gasteiger partial charge is 0.392 e. The Bertz CT molecular complexity index is 606. The van der Waals surface area contributed by atoms with Crippen LogP contribution in [0.3, 0.4) is 0 Å². The molecule has 1 atom stereocenters. The quantitative estimate of drug-likeness (QED) is 0.912. The molecule has 7 heteroatoms. The summed E-state index contributed by atoms with van der Waals surface area (Å²) in [5, 5.41) is 9.40. The molecule has 0 radical (unpaired) electrons.